The summed E-state index contributed by atoms with van der Waals surface area (Å²) in [6.07, 6.45) is 0. The van der Waals surface area contributed by atoms with Crippen LogP contribution in [0.1, 0.15) is 18.2 Å². The highest BCUT2D eigenvalue weighted by molar-refractivity contribution is 7.92. The Kier molecular flexibility index (Phi) is 5.43. The first-order valence-electron chi connectivity index (χ1n) is 7.97. The van der Waals surface area contributed by atoms with Crippen molar-refractivity contribution in [1.29, 1.82) is 5.26 Å². The van der Waals surface area contributed by atoms with E-state index in [9.17, 15) is 18.5 Å². The number of ketones is 1. The first kappa shape index (κ1) is 19.5. The van der Waals surface area contributed by atoms with Crippen LogP contribution in [0.4, 0.5) is 10.8 Å². The van der Waals surface area contributed by atoms with E-state index in [2.05, 4.69) is 24.6 Å². The molecular formula is C17H14N6O3S2. The molecule has 0 aliphatic rings. The zero-order valence-electron chi connectivity index (χ0n) is 14.9. The van der Waals surface area contributed by atoms with E-state index in [0.29, 0.717) is 11.3 Å². The van der Waals surface area contributed by atoms with Gasteiger partial charge in [-0.25, -0.2) is 13.4 Å². The number of hydrogen-bond donors (Lipinski definition) is 1. The minimum atomic E-state index is -3.99. The molecule has 1 N–H and O–H groups in total. The van der Waals surface area contributed by atoms with E-state index in [1.807, 2.05) is 12.1 Å². The summed E-state index contributed by atoms with van der Waals surface area (Å²) in [5, 5.41) is 17.0. The summed E-state index contributed by atoms with van der Waals surface area (Å²) in [5.41, 5.74) is 1.42. The number of aromatic nitrogens is 3. The maximum atomic E-state index is 12.6. The molecule has 11 heteroatoms. The second kappa shape index (κ2) is 7.79. The highest BCUT2D eigenvalue weighted by atomic mass is 32.2. The largest absolute Gasteiger partial charge is 0.327 e. The standard InChI is InChI=1S/C17H14N6O3S2/c1-10(24)9-28(25,26)17-15(19-14(20-17)12-6-4-3-5-7-12)21-22-16-13(8-18)11(2)23-27-16/h3-7H,9H2,1-2H3,(H,19,20). The number of Topliss-reactive ketones (excluding diaryl/α,β-unsaturated/α-hetero) is 1. The fourth-order valence-electron chi connectivity index (χ4n) is 2.35. The molecule has 0 spiro atoms. The van der Waals surface area contributed by atoms with Crippen molar-refractivity contribution < 1.29 is 13.2 Å². The fraction of sp³-hybridized carbons (Fsp3) is 0.176. The van der Waals surface area contributed by atoms with Crippen LogP contribution in [0.25, 0.3) is 11.4 Å². The van der Waals surface area contributed by atoms with Crippen LogP contribution in [0.2, 0.25) is 0 Å². The molecule has 0 saturated heterocycles. The highest BCUT2D eigenvalue weighted by Crippen LogP contribution is 2.32. The Morgan fingerprint density at radius 3 is 2.64 bits per heavy atom. The fourth-order valence-corrected chi connectivity index (χ4v) is 4.33. The SMILES string of the molecule is CC(=O)CS(=O)(=O)c1[nH]c(-c2ccccc2)nc1N=Nc1snc(C)c1C#N. The van der Waals surface area contributed by atoms with Crippen molar-refractivity contribution in [2.45, 2.75) is 18.9 Å². The molecule has 0 aliphatic heterocycles. The molecule has 0 radical (unpaired) electrons. The molecule has 0 atom stereocenters. The summed E-state index contributed by atoms with van der Waals surface area (Å²) in [6.45, 7) is 2.85. The minimum absolute atomic E-state index is 0.185. The van der Waals surface area contributed by atoms with Gasteiger partial charge in [0.1, 0.15) is 29.0 Å². The number of aryl methyl sites for hydroxylation is 1. The number of benzene rings is 1. The lowest BCUT2D eigenvalue weighted by molar-refractivity contribution is -0.114. The van der Waals surface area contributed by atoms with Crippen LogP contribution < -0.4 is 0 Å². The summed E-state index contributed by atoms with van der Waals surface area (Å²) in [4.78, 5) is 18.3. The molecular weight excluding hydrogens is 400 g/mol. The lowest BCUT2D eigenvalue weighted by Gasteiger charge is -1.99. The maximum Gasteiger partial charge on any atom is 0.212 e. The van der Waals surface area contributed by atoms with Gasteiger partial charge in [0.2, 0.25) is 15.7 Å². The zero-order valence-corrected chi connectivity index (χ0v) is 16.5. The average molecular weight is 414 g/mol. The van der Waals surface area contributed by atoms with Gasteiger partial charge >= 0.3 is 0 Å². The molecule has 142 valence electrons. The number of aromatic amines is 1. The number of azo groups is 1. The molecule has 2 aromatic heterocycles. The monoisotopic (exact) mass is 414 g/mol. The van der Waals surface area contributed by atoms with Gasteiger partial charge in [0.15, 0.2) is 10.0 Å². The number of H-pyrrole nitrogens is 1. The predicted molar refractivity (Wildman–Crippen MR) is 102 cm³/mol. The molecule has 0 bridgehead atoms. The first-order valence-corrected chi connectivity index (χ1v) is 10.4. The number of nitriles is 1. The Morgan fingerprint density at radius 2 is 2.00 bits per heavy atom. The topological polar surface area (TPSA) is 141 Å². The smallest absolute Gasteiger partial charge is 0.212 e. The van der Waals surface area contributed by atoms with Crippen LogP contribution in [0.5, 0.6) is 0 Å². The number of sulfone groups is 1. The number of nitrogens with zero attached hydrogens (tertiary/aromatic N) is 5. The summed E-state index contributed by atoms with van der Waals surface area (Å²) < 4.78 is 29.2. The number of hydrogen-bond acceptors (Lipinski definition) is 9. The molecule has 0 amide bonds. The Morgan fingerprint density at radius 1 is 1.29 bits per heavy atom. The van der Waals surface area contributed by atoms with Gasteiger partial charge in [-0.2, -0.15) is 9.64 Å². The minimum Gasteiger partial charge on any atom is -0.327 e. The van der Waals surface area contributed by atoms with Gasteiger partial charge in [0.25, 0.3) is 0 Å². The van der Waals surface area contributed by atoms with Crippen LogP contribution in [0.3, 0.4) is 0 Å². The average Bonchev–Trinajstić information content (AvgIpc) is 3.23. The first-order chi connectivity index (χ1) is 13.3. The van der Waals surface area contributed by atoms with Crippen molar-refractivity contribution >= 4 is 38.0 Å². The number of carbonyl (C=O) groups is 1. The summed E-state index contributed by atoms with van der Waals surface area (Å²) >= 11 is 0.973. The zero-order chi connectivity index (χ0) is 20.3. The van der Waals surface area contributed by atoms with Gasteiger partial charge in [-0.3, -0.25) is 4.79 Å². The van der Waals surface area contributed by atoms with Crippen LogP contribution in [0, 0.1) is 18.3 Å². The predicted octanol–water partition coefficient (Wildman–Crippen LogP) is 3.49. The van der Waals surface area contributed by atoms with E-state index in [-0.39, 0.29) is 27.2 Å². The molecule has 3 rings (SSSR count). The van der Waals surface area contributed by atoms with Crippen molar-refractivity contribution in [2.24, 2.45) is 10.2 Å². The molecule has 0 fully saturated rings. The Labute approximate surface area is 164 Å². The van der Waals surface area contributed by atoms with Gasteiger partial charge in [-0.15, -0.1) is 10.2 Å². The van der Waals surface area contributed by atoms with E-state index in [0.717, 1.165) is 11.5 Å². The van der Waals surface area contributed by atoms with Crippen LogP contribution in [0.15, 0.2) is 45.6 Å². The van der Waals surface area contributed by atoms with E-state index < -0.39 is 21.4 Å². The van der Waals surface area contributed by atoms with Crippen molar-refractivity contribution in [3.63, 3.8) is 0 Å². The van der Waals surface area contributed by atoms with Crippen LogP contribution >= 0.6 is 11.5 Å². The molecule has 1 aromatic carbocycles. The second-order valence-electron chi connectivity index (χ2n) is 5.83. The van der Waals surface area contributed by atoms with Crippen LogP contribution in [-0.2, 0) is 14.6 Å². The lowest BCUT2D eigenvalue weighted by Crippen LogP contribution is -2.14. The third-order valence-corrected chi connectivity index (χ3v) is 6.11. The Hall–Kier alpha value is -3.23. The summed E-state index contributed by atoms with van der Waals surface area (Å²) in [7, 11) is -3.99. The molecule has 0 saturated carbocycles. The number of nitrogens with one attached hydrogen (secondary N) is 1. The van der Waals surface area contributed by atoms with E-state index in [4.69, 9.17) is 0 Å². The Bertz CT molecular complexity index is 1200. The van der Waals surface area contributed by atoms with Crippen molar-refractivity contribution in [3.8, 4) is 17.5 Å². The molecule has 3 aromatic rings. The number of imidazole rings is 1. The van der Waals surface area contributed by atoms with Crippen molar-refractivity contribution in [1.82, 2.24) is 14.3 Å². The van der Waals surface area contributed by atoms with Crippen molar-refractivity contribution in [3.05, 3.63) is 41.6 Å². The highest BCUT2D eigenvalue weighted by Gasteiger charge is 2.26. The normalized spacial score (nSPS) is 11.6. The van der Waals surface area contributed by atoms with Gasteiger partial charge in [-0.05, 0) is 25.4 Å². The van der Waals surface area contributed by atoms with Gasteiger partial charge in [0.05, 0.1) is 5.69 Å². The molecule has 2 heterocycles. The number of carbonyl (C=O) groups excluding carboxylic acids is 1. The van der Waals surface area contributed by atoms with Crippen molar-refractivity contribution in [2.75, 3.05) is 5.75 Å². The number of rotatable bonds is 6. The third-order valence-electron chi connectivity index (χ3n) is 3.60. The maximum absolute atomic E-state index is 12.6. The summed E-state index contributed by atoms with van der Waals surface area (Å²) in [5.74, 6) is -1.11. The van der Waals surface area contributed by atoms with Gasteiger partial charge in [0, 0.05) is 5.56 Å². The molecule has 0 aliphatic carbocycles. The molecule has 9 nitrogen and oxygen atoms in total. The third kappa shape index (κ3) is 4.03. The van der Waals surface area contributed by atoms with Gasteiger partial charge in [-0.1, -0.05) is 30.3 Å². The molecule has 0 unspecified atom stereocenters. The van der Waals surface area contributed by atoms with Gasteiger partial charge < -0.3 is 4.98 Å². The quantitative estimate of drug-likeness (QED) is 0.612. The Balaban J connectivity index is 2.10. The molecule has 28 heavy (non-hydrogen) atoms. The van der Waals surface area contributed by atoms with Crippen LogP contribution in [-0.4, -0.2) is 34.3 Å². The van der Waals surface area contributed by atoms with E-state index in [1.165, 1.54) is 6.92 Å². The lowest BCUT2D eigenvalue weighted by atomic mass is 10.2. The van der Waals surface area contributed by atoms with E-state index >= 15 is 0 Å². The van der Waals surface area contributed by atoms with E-state index in [1.54, 1.807) is 31.2 Å². The second-order valence-corrected chi connectivity index (χ2v) is 8.50. The summed E-state index contributed by atoms with van der Waals surface area (Å²) in [6, 6.07) is 10.9.